The number of rotatable bonds is 7. The summed E-state index contributed by atoms with van der Waals surface area (Å²) in [6, 6.07) is 51.7. The van der Waals surface area contributed by atoms with Crippen LogP contribution >= 0.6 is 11.3 Å². The van der Waals surface area contributed by atoms with Gasteiger partial charge in [0.05, 0.1) is 11.4 Å². The first kappa shape index (κ1) is 54.5. The molecule has 0 amide bonds. The predicted octanol–water partition coefficient (Wildman–Crippen LogP) is 20.3. The van der Waals surface area contributed by atoms with Crippen LogP contribution < -0.4 is 30.4 Å². The van der Waals surface area contributed by atoms with Gasteiger partial charge in [-0.25, -0.2) is 0 Å². The van der Waals surface area contributed by atoms with Crippen molar-refractivity contribution in [1.82, 2.24) is 0 Å². The Morgan fingerprint density at radius 3 is 1.41 bits per heavy atom. The van der Waals surface area contributed by atoms with E-state index in [0.717, 1.165) is 36.3 Å². The Hall–Kier alpha value is -6.04. The third-order valence-electron chi connectivity index (χ3n) is 19.8. The van der Waals surface area contributed by atoms with E-state index in [4.69, 9.17) is 0 Å². The average molecular weight is 1070 g/mol. The largest absolute Gasteiger partial charge is 0.311 e. The second kappa shape index (κ2) is 18.5. The molecule has 0 N–H and O–H groups in total. The highest BCUT2D eigenvalue weighted by atomic mass is 32.1. The van der Waals surface area contributed by atoms with E-state index in [1.807, 2.05) is 11.3 Å². The molecule has 2 aliphatic heterocycles. The minimum Gasteiger partial charge on any atom is -0.311 e. The van der Waals surface area contributed by atoms with E-state index in [1.54, 1.807) is 0 Å². The van der Waals surface area contributed by atoms with E-state index in [9.17, 15) is 0 Å². The molecule has 0 atom stereocenters. The van der Waals surface area contributed by atoms with E-state index >= 15 is 0 Å². The number of anilines is 9. The van der Waals surface area contributed by atoms with Crippen molar-refractivity contribution in [1.29, 1.82) is 0 Å². The minimum absolute atomic E-state index is 0.00536. The van der Waals surface area contributed by atoms with Crippen molar-refractivity contribution in [3.63, 3.8) is 0 Å². The van der Waals surface area contributed by atoms with E-state index in [1.165, 1.54) is 116 Å². The highest BCUT2D eigenvalue weighted by Gasteiger charge is 2.49. The van der Waals surface area contributed by atoms with Gasteiger partial charge < -0.3 is 14.7 Å². The summed E-state index contributed by atoms with van der Waals surface area (Å²) in [5.74, 6) is 0.843. The van der Waals surface area contributed by atoms with Gasteiger partial charge in [-0.05, 0) is 211 Å². The summed E-state index contributed by atoms with van der Waals surface area (Å²) >= 11 is 2.02. The molecule has 0 fully saturated rings. The molecule has 1 aromatic heterocycles. The van der Waals surface area contributed by atoms with Gasteiger partial charge in [-0.15, -0.1) is 11.3 Å². The Balaban J connectivity index is 1.27. The van der Waals surface area contributed by atoms with E-state index in [2.05, 4.69) is 274 Å². The van der Waals surface area contributed by atoms with Crippen LogP contribution in [0.5, 0.6) is 0 Å². The fourth-order valence-corrected chi connectivity index (χ4v) is 15.5. The molecule has 0 saturated heterocycles. The zero-order chi connectivity index (χ0) is 57.1. The molecule has 80 heavy (non-hydrogen) atoms. The Morgan fingerprint density at radius 2 is 0.925 bits per heavy atom. The van der Waals surface area contributed by atoms with Crippen LogP contribution in [0.4, 0.5) is 51.2 Å². The number of thiophene rings is 1. The van der Waals surface area contributed by atoms with Crippen molar-refractivity contribution >= 4 is 95.0 Å². The fourth-order valence-electron chi connectivity index (χ4n) is 14.2. The van der Waals surface area contributed by atoms with Crippen LogP contribution in [0.2, 0.25) is 0 Å². The number of benzene rings is 7. The molecule has 0 bridgehead atoms. The standard InChI is InChI=1S/C75H88BN3S/c1-45(2)48-20-27-52(28-21-48)77(53-29-22-49(23-30-53)46(3)4)55-40-64-67-65(41-55)79(62-43-59-57(38-47(62)5)72(12,13)34-36-74(59,16)17)63-44-60-58(73(14,15)35-37-75(60,18)19)42-61(63)76(67)69-68(56-39-51(71(9,10)11)26-33-66(56)80-69)78(64)54-31-24-50(25-32-54)70(6,7)8/h20-33,38-46H,34-37H2,1-19H3. The van der Waals surface area contributed by atoms with Crippen molar-refractivity contribution in [2.75, 3.05) is 14.7 Å². The molecule has 5 heteroatoms. The molecule has 412 valence electrons. The maximum atomic E-state index is 2.78. The van der Waals surface area contributed by atoms with Gasteiger partial charge >= 0.3 is 0 Å². The van der Waals surface area contributed by atoms with Crippen LogP contribution in [0.25, 0.3) is 10.1 Å². The number of fused-ring (bicyclic) bond motifs is 8. The Labute approximate surface area is 485 Å². The van der Waals surface area contributed by atoms with Gasteiger partial charge in [-0.1, -0.05) is 179 Å². The number of nitrogens with zero attached hydrogens (tertiary/aromatic N) is 3. The molecule has 3 nitrogen and oxygen atoms in total. The van der Waals surface area contributed by atoms with Crippen molar-refractivity contribution < 1.29 is 0 Å². The molecular formula is C75H88BN3S. The SMILES string of the molecule is Cc1cc2c(cc1N1c3cc4c(cc3B3c5sc6ccc(C(C)(C)C)cc6c5N(c5ccc(C(C)(C)C)cc5)c5cc(N(c6ccc(C(C)C)cc6)c6ccc(C(C)C)cc6)cc1c53)C(C)(C)CCC4(C)C)C(C)(C)CCC2(C)C. The first-order valence-corrected chi connectivity index (χ1v) is 31.1. The molecule has 0 radical (unpaired) electrons. The summed E-state index contributed by atoms with van der Waals surface area (Å²) in [7, 11) is 0. The summed E-state index contributed by atoms with van der Waals surface area (Å²) in [6.07, 6.45) is 4.65. The van der Waals surface area contributed by atoms with Crippen molar-refractivity contribution in [3.8, 4) is 0 Å². The number of aryl methyl sites for hydroxylation is 1. The first-order valence-electron chi connectivity index (χ1n) is 30.3. The van der Waals surface area contributed by atoms with Gasteiger partial charge in [-0.3, -0.25) is 0 Å². The van der Waals surface area contributed by atoms with Crippen molar-refractivity contribution in [2.24, 2.45) is 0 Å². The van der Waals surface area contributed by atoms with Crippen molar-refractivity contribution in [2.45, 2.75) is 202 Å². The van der Waals surface area contributed by atoms with E-state index < -0.39 is 0 Å². The van der Waals surface area contributed by atoms with Crippen LogP contribution in [0.1, 0.15) is 212 Å². The first-order chi connectivity index (χ1) is 37.4. The maximum Gasteiger partial charge on any atom is 0.264 e. The highest BCUT2D eigenvalue weighted by Crippen LogP contribution is 2.56. The highest BCUT2D eigenvalue weighted by molar-refractivity contribution is 7.33. The van der Waals surface area contributed by atoms with Gasteiger partial charge in [0.1, 0.15) is 0 Å². The average Bonchev–Trinajstić information content (AvgIpc) is 2.98. The molecule has 0 spiro atoms. The van der Waals surface area contributed by atoms with Gasteiger partial charge in [0.25, 0.3) is 6.71 Å². The van der Waals surface area contributed by atoms with Gasteiger partial charge in [-0.2, -0.15) is 0 Å². The van der Waals surface area contributed by atoms with Gasteiger partial charge in [0.2, 0.25) is 0 Å². The zero-order valence-corrected chi connectivity index (χ0v) is 52.8. The Kier molecular flexibility index (Phi) is 12.6. The molecule has 8 aromatic rings. The normalized spacial score (nSPS) is 17.5. The summed E-state index contributed by atoms with van der Waals surface area (Å²) in [4.78, 5) is 8.03. The van der Waals surface area contributed by atoms with Crippen LogP contribution in [0.15, 0.2) is 127 Å². The summed E-state index contributed by atoms with van der Waals surface area (Å²) in [5, 5.41) is 1.33. The lowest BCUT2D eigenvalue weighted by Gasteiger charge is -2.48. The lowest BCUT2D eigenvalue weighted by atomic mass is 9.35. The lowest BCUT2D eigenvalue weighted by Crippen LogP contribution is -2.61. The summed E-state index contributed by atoms with van der Waals surface area (Å²) in [5.41, 5.74) is 26.7. The third-order valence-corrected chi connectivity index (χ3v) is 21.0. The van der Waals surface area contributed by atoms with Crippen molar-refractivity contribution in [3.05, 3.63) is 177 Å². The molecule has 3 heterocycles. The van der Waals surface area contributed by atoms with Crippen LogP contribution in [0.3, 0.4) is 0 Å². The van der Waals surface area contributed by atoms with E-state index in [-0.39, 0.29) is 39.2 Å². The quantitative estimate of drug-likeness (QED) is 0.147. The zero-order valence-electron chi connectivity index (χ0n) is 51.9. The summed E-state index contributed by atoms with van der Waals surface area (Å²) < 4.78 is 2.77. The lowest BCUT2D eigenvalue weighted by molar-refractivity contribution is 0.331. The molecule has 2 aliphatic carbocycles. The molecule has 7 aromatic carbocycles. The predicted molar refractivity (Wildman–Crippen MR) is 351 cm³/mol. The smallest absolute Gasteiger partial charge is 0.264 e. The number of hydrogen-bond acceptors (Lipinski definition) is 4. The van der Waals surface area contributed by atoms with Crippen LogP contribution in [-0.4, -0.2) is 6.71 Å². The van der Waals surface area contributed by atoms with Gasteiger partial charge in [0, 0.05) is 54.7 Å². The van der Waals surface area contributed by atoms with Crippen LogP contribution in [0, 0.1) is 6.92 Å². The van der Waals surface area contributed by atoms with E-state index in [0.29, 0.717) is 11.8 Å². The maximum absolute atomic E-state index is 2.78. The third kappa shape index (κ3) is 8.80. The summed E-state index contributed by atoms with van der Waals surface area (Å²) in [6.45, 7) is 45.6. The molecule has 12 rings (SSSR count). The van der Waals surface area contributed by atoms with Crippen LogP contribution in [-0.2, 0) is 32.5 Å². The second-order valence-corrected chi connectivity index (χ2v) is 31.2. The molecular weight excluding hydrogens is 986 g/mol. The Morgan fingerprint density at radius 1 is 0.475 bits per heavy atom. The second-order valence-electron chi connectivity index (χ2n) is 30.1. The minimum atomic E-state index is -0.0300. The molecule has 4 aliphatic rings. The molecule has 0 unspecified atom stereocenters. The molecule has 0 saturated carbocycles. The topological polar surface area (TPSA) is 9.72 Å². The fraction of sp³-hybridized carbons (Fsp3) is 0.413. The Bertz CT molecular complexity index is 3700. The van der Waals surface area contributed by atoms with Gasteiger partial charge in [0.15, 0.2) is 0 Å². The number of hydrogen-bond donors (Lipinski definition) is 0. The monoisotopic (exact) mass is 1070 g/mol.